The molecule has 2 N–H and O–H groups in total. The number of carbonyl (C=O) groups excluding carboxylic acids is 1. The molecule has 1 atom stereocenters. The molecule has 0 unspecified atom stereocenters. The van der Waals surface area contributed by atoms with Crippen molar-refractivity contribution < 1.29 is 22.7 Å². The Morgan fingerprint density at radius 3 is 2.38 bits per heavy atom. The maximum atomic E-state index is 12.9. The number of hydrogen-bond donors (Lipinski definition) is 2. The summed E-state index contributed by atoms with van der Waals surface area (Å²) in [5, 5.41) is 2.83. The fourth-order valence-electron chi connectivity index (χ4n) is 4.47. The average Bonchev–Trinajstić information content (AvgIpc) is 2.89. The predicted molar refractivity (Wildman–Crippen MR) is 145 cm³/mol. The molecule has 1 heterocycles. The van der Waals surface area contributed by atoms with Crippen LogP contribution in [-0.2, 0) is 16.6 Å². The van der Waals surface area contributed by atoms with Crippen LogP contribution in [0, 0.1) is 5.92 Å². The number of rotatable bonds is 9. The predicted octanol–water partition coefficient (Wildman–Crippen LogP) is 4.99. The second-order valence-corrected chi connectivity index (χ2v) is 11.0. The number of benzene rings is 3. The molecule has 1 aliphatic heterocycles. The quantitative estimate of drug-likeness (QED) is 0.410. The number of nitrogens with zero attached hydrogens (tertiary/aromatic N) is 1. The monoisotopic (exact) mass is 523 g/mol. The first-order chi connectivity index (χ1) is 17.8. The molecule has 0 radical (unpaired) electrons. The first-order valence-corrected chi connectivity index (χ1v) is 13.7. The van der Waals surface area contributed by atoms with Gasteiger partial charge >= 0.3 is 0 Å². The minimum absolute atomic E-state index is 0.0479. The summed E-state index contributed by atoms with van der Waals surface area (Å²) in [5.74, 6) is 1.32. The maximum Gasteiger partial charge on any atom is 0.262 e. The van der Waals surface area contributed by atoms with Gasteiger partial charge in [-0.05, 0) is 79.4 Å². The Hall–Kier alpha value is -3.56. The van der Waals surface area contributed by atoms with Crippen LogP contribution in [0.5, 0.6) is 11.5 Å². The van der Waals surface area contributed by atoms with Gasteiger partial charge in [0.25, 0.3) is 15.9 Å². The van der Waals surface area contributed by atoms with Crippen LogP contribution in [0.15, 0.2) is 71.6 Å². The third-order valence-electron chi connectivity index (χ3n) is 6.44. The van der Waals surface area contributed by atoms with Gasteiger partial charge in [0, 0.05) is 30.4 Å². The lowest BCUT2D eigenvalue weighted by molar-refractivity contribution is 0.102. The second-order valence-electron chi connectivity index (χ2n) is 9.33. The van der Waals surface area contributed by atoms with E-state index >= 15 is 0 Å². The van der Waals surface area contributed by atoms with E-state index in [-0.39, 0.29) is 16.5 Å². The Morgan fingerprint density at radius 2 is 1.73 bits per heavy atom. The van der Waals surface area contributed by atoms with Gasteiger partial charge in [-0.3, -0.25) is 14.4 Å². The van der Waals surface area contributed by atoms with Gasteiger partial charge in [0.1, 0.15) is 11.5 Å². The summed E-state index contributed by atoms with van der Waals surface area (Å²) >= 11 is 0. The molecule has 196 valence electrons. The molecule has 1 amide bonds. The average molecular weight is 524 g/mol. The molecule has 1 fully saturated rings. The molecule has 4 rings (SSSR count). The maximum absolute atomic E-state index is 12.9. The van der Waals surface area contributed by atoms with Crippen LogP contribution in [0.25, 0.3) is 0 Å². The van der Waals surface area contributed by atoms with Gasteiger partial charge < -0.3 is 14.8 Å². The van der Waals surface area contributed by atoms with Gasteiger partial charge in [-0.2, -0.15) is 0 Å². The molecule has 9 heteroatoms. The molecule has 0 spiro atoms. The van der Waals surface area contributed by atoms with Crippen molar-refractivity contribution in [1.29, 1.82) is 0 Å². The van der Waals surface area contributed by atoms with Gasteiger partial charge in [0.05, 0.1) is 24.8 Å². The lowest BCUT2D eigenvalue weighted by Crippen LogP contribution is -2.33. The highest BCUT2D eigenvalue weighted by molar-refractivity contribution is 7.92. The fraction of sp³-hybridized carbons (Fsp3) is 0.321. The van der Waals surface area contributed by atoms with Crippen molar-refractivity contribution in [2.45, 2.75) is 31.2 Å². The molecular formula is C28H33N3O5S. The van der Waals surface area contributed by atoms with E-state index in [0.29, 0.717) is 22.7 Å². The van der Waals surface area contributed by atoms with E-state index in [1.807, 2.05) is 24.3 Å². The molecule has 0 bridgehead atoms. The SMILES string of the molecule is COc1ccc(OC)c(NS(=O)(=O)c2ccc(NC(=O)c3ccc(CN4CCC[C@@H](C)C4)cc3)cc2)c1. The molecule has 8 nitrogen and oxygen atoms in total. The standard InChI is InChI=1S/C28H33N3O5S/c1-20-5-4-16-31(18-20)19-21-6-8-22(9-7-21)28(32)29-23-10-13-25(14-11-23)37(33,34)30-26-17-24(35-2)12-15-27(26)36-3/h6-15,17,20,30H,4-5,16,18-19H2,1-3H3,(H,29,32)/t20-/m1/s1. The highest BCUT2D eigenvalue weighted by Crippen LogP contribution is 2.31. The zero-order valence-corrected chi connectivity index (χ0v) is 22.2. The second kappa shape index (κ2) is 11.7. The summed E-state index contributed by atoms with van der Waals surface area (Å²) < 4.78 is 38.8. The first-order valence-electron chi connectivity index (χ1n) is 12.2. The fourth-order valence-corrected chi connectivity index (χ4v) is 5.53. The molecule has 3 aromatic carbocycles. The number of anilines is 2. The number of ether oxygens (including phenoxy) is 2. The van der Waals surface area contributed by atoms with Crippen molar-refractivity contribution in [3.8, 4) is 11.5 Å². The van der Waals surface area contributed by atoms with Gasteiger partial charge in [0.15, 0.2) is 0 Å². The third-order valence-corrected chi connectivity index (χ3v) is 7.82. The molecule has 0 aliphatic carbocycles. The molecule has 0 saturated carbocycles. The number of likely N-dealkylation sites (tertiary alicyclic amines) is 1. The van der Waals surface area contributed by atoms with E-state index in [4.69, 9.17) is 9.47 Å². The van der Waals surface area contributed by atoms with Gasteiger partial charge in [0.2, 0.25) is 0 Å². The van der Waals surface area contributed by atoms with Crippen molar-refractivity contribution in [2.24, 2.45) is 5.92 Å². The van der Waals surface area contributed by atoms with Crippen molar-refractivity contribution in [3.63, 3.8) is 0 Å². The van der Waals surface area contributed by atoms with E-state index in [1.165, 1.54) is 44.8 Å². The number of methoxy groups -OCH3 is 2. The van der Waals surface area contributed by atoms with Crippen LogP contribution >= 0.6 is 0 Å². The highest BCUT2D eigenvalue weighted by atomic mass is 32.2. The molecule has 1 aliphatic rings. The summed E-state index contributed by atoms with van der Waals surface area (Å²) in [6, 6.07) is 18.5. The minimum Gasteiger partial charge on any atom is -0.497 e. The van der Waals surface area contributed by atoms with Crippen molar-refractivity contribution in [2.75, 3.05) is 37.3 Å². The summed E-state index contributed by atoms with van der Waals surface area (Å²) in [7, 11) is -0.936. The van der Waals surface area contributed by atoms with E-state index in [0.717, 1.165) is 25.6 Å². The number of piperidine rings is 1. The van der Waals surface area contributed by atoms with Crippen LogP contribution < -0.4 is 19.5 Å². The lowest BCUT2D eigenvalue weighted by atomic mass is 9.99. The molecule has 37 heavy (non-hydrogen) atoms. The summed E-state index contributed by atoms with van der Waals surface area (Å²) in [6.45, 7) is 5.39. The number of nitrogens with one attached hydrogen (secondary N) is 2. The van der Waals surface area contributed by atoms with E-state index in [9.17, 15) is 13.2 Å². The summed E-state index contributed by atoms with van der Waals surface area (Å²) in [4.78, 5) is 15.2. The molecule has 3 aromatic rings. The van der Waals surface area contributed by atoms with Crippen molar-refractivity contribution >= 4 is 27.3 Å². The normalized spacial score (nSPS) is 16.1. The van der Waals surface area contributed by atoms with E-state index in [2.05, 4.69) is 21.9 Å². The number of sulfonamides is 1. The van der Waals surface area contributed by atoms with Crippen molar-refractivity contribution in [1.82, 2.24) is 4.90 Å². The van der Waals surface area contributed by atoms with Gasteiger partial charge in [-0.15, -0.1) is 0 Å². The molecule has 1 saturated heterocycles. The Labute approximate surface area is 218 Å². The van der Waals surface area contributed by atoms with Crippen molar-refractivity contribution in [3.05, 3.63) is 77.9 Å². The smallest absolute Gasteiger partial charge is 0.262 e. The Bertz CT molecular complexity index is 1320. The number of carbonyl (C=O) groups is 1. The molecular weight excluding hydrogens is 490 g/mol. The minimum atomic E-state index is -3.89. The van der Waals surface area contributed by atoms with Gasteiger partial charge in [-0.25, -0.2) is 8.42 Å². The van der Waals surface area contributed by atoms with Gasteiger partial charge in [-0.1, -0.05) is 19.1 Å². The largest absolute Gasteiger partial charge is 0.497 e. The highest BCUT2D eigenvalue weighted by Gasteiger charge is 2.18. The van der Waals surface area contributed by atoms with E-state index in [1.54, 1.807) is 30.3 Å². The summed E-state index contributed by atoms with van der Waals surface area (Å²) in [5.41, 5.74) is 2.48. The summed E-state index contributed by atoms with van der Waals surface area (Å²) in [6.07, 6.45) is 2.52. The zero-order chi connectivity index (χ0) is 26.4. The van der Waals surface area contributed by atoms with E-state index < -0.39 is 10.0 Å². The van der Waals surface area contributed by atoms with Crippen LogP contribution in [0.3, 0.4) is 0 Å². The number of amides is 1. The topological polar surface area (TPSA) is 97.0 Å². The molecule has 0 aromatic heterocycles. The first kappa shape index (κ1) is 26.5. The van der Waals surface area contributed by atoms with Crippen LogP contribution in [0.4, 0.5) is 11.4 Å². The Morgan fingerprint density at radius 1 is 1.00 bits per heavy atom. The third kappa shape index (κ3) is 6.81. The number of hydrogen-bond acceptors (Lipinski definition) is 6. The van der Waals surface area contributed by atoms with Crippen LogP contribution in [0.1, 0.15) is 35.7 Å². The Kier molecular flexibility index (Phi) is 8.35. The lowest BCUT2D eigenvalue weighted by Gasteiger charge is -2.30. The Balaban J connectivity index is 1.38. The van der Waals surface area contributed by atoms with Crippen LogP contribution in [-0.4, -0.2) is 46.5 Å². The zero-order valence-electron chi connectivity index (χ0n) is 21.4. The van der Waals surface area contributed by atoms with Crippen LogP contribution in [0.2, 0.25) is 0 Å².